The summed E-state index contributed by atoms with van der Waals surface area (Å²) < 4.78 is 10.4. The molecule has 3 atom stereocenters. The molecule has 0 spiro atoms. The van der Waals surface area contributed by atoms with Gasteiger partial charge in [0.05, 0.1) is 25.7 Å². The lowest BCUT2D eigenvalue weighted by atomic mass is 9.75. The van der Waals surface area contributed by atoms with Crippen LogP contribution in [0.1, 0.15) is 38.2 Å². The number of imide groups is 1. The molecule has 1 fully saturated rings. The van der Waals surface area contributed by atoms with Gasteiger partial charge in [-0.25, -0.2) is 0 Å². The Bertz CT molecular complexity index is 911. The molecule has 0 N–H and O–H groups in total. The van der Waals surface area contributed by atoms with Crippen LogP contribution in [0.15, 0.2) is 49.1 Å². The number of nitrogens with zero attached hydrogens (tertiary/aromatic N) is 2. The van der Waals surface area contributed by atoms with Crippen LogP contribution in [-0.2, 0) is 24.5 Å². The van der Waals surface area contributed by atoms with Gasteiger partial charge in [0, 0.05) is 32.0 Å². The normalized spacial score (nSPS) is 25.3. The van der Waals surface area contributed by atoms with Gasteiger partial charge in [0.15, 0.2) is 0 Å². The zero-order chi connectivity index (χ0) is 23.3. The highest BCUT2D eigenvalue weighted by Crippen LogP contribution is 2.42. The highest BCUT2D eigenvalue weighted by Gasteiger charge is 2.54. The van der Waals surface area contributed by atoms with Crippen LogP contribution in [0.5, 0.6) is 5.75 Å². The minimum Gasteiger partial charge on any atom is -0.497 e. The van der Waals surface area contributed by atoms with Crippen molar-refractivity contribution >= 4 is 17.7 Å². The summed E-state index contributed by atoms with van der Waals surface area (Å²) in [5.74, 6) is -0.228. The number of carbonyl (C=O) groups excluding carboxylic acids is 3. The fraction of sp³-hybridized carbons (Fsp3) is 0.480. The topological polar surface area (TPSA) is 76.2 Å². The summed E-state index contributed by atoms with van der Waals surface area (Å²) in [7, 11) is 3.07. The summed E-state index contributed by atoms with van der Waals surface area (Å²) in [4.78, 5) is 43.3. The summed E-state index contributed by atoms with van der Waals surface area (Å²) in [6, 6.07) is 6.99. The Morgan fingerprint density at radius 2 is 2.09 bits per heavy atom. The molecular weight excluding hydrogens is 408 g/mol. The highest BCUT2D eigenvalue weighted by atomic mass is 16.5. The SMILES string of the molecule is C=CC[C@@H]1CC=C[C@@H](C)N1C(=O)C[C@]1(c2cccc(OC)c2)CC(=O)N(CCOC)C1=O. The molecule has 2 aliphatic rings. The quantitative estimate of drug-likeness (QED) is 0.436. The van der Waals surface area contributed by atoms with Gasteiger partial charge in [-0.2, -0.15) is 0 Å². The molecule has 7 nitrogen and oxygen atoms in total. The number of benzene rings is 1. The molecule has 3 rings (SSSR count). The second-order valence-electron chi connectivity index (χ2n) is 8.39. The van der Waals surface area contributed by atoms with Crippen LogP contribution in [0.2, 0.25) is 0 Å². The Morgan fingerprint density at radius 1 is 1.31 bits per heavy atom. The fourth-order valence-electron chi connectivity index (χ4n) is 4.75. The van der Waals surface area contributed by atoms with E-state index in [0.717, 1.165) is 6.42 Å². The van der Waals surface area contributed by atoms with E-state index in [2.05, 4.69) is 12.7 Å². The van der Waals surface area contributed by atoms with Gasteiger partial charge in [0.2, 0.25) is 17.7 Å². The number of hydrogen-bond acceptors (Lipinski definition) is 5. The van der Waals surface area contributed by atoms with Gasteiger partial charge in [0.25, 0.3) is 0 Å². The van der Waals surface area contributed by atoms with Crippen LogP contribution in [0.25, 0.3) is 0 Å². The molecule has 3 amide bonds. The third-order valence-corrected chi connectivity index (χ3v) is 6.38. The van der Waals surface area contributed by atoms with Crippen molar-refractivity contribution in [3.05, 3.63) is 54.6 Å². The van der Waals surface area contributed by atoms with Crippen LogP contribution in [0, 0.1) is 0 Å². The molecule has 1 saturated heterocycles. The van der Waals surface area contributed by atoms with Crippen LogP contribution >= 0.6 is 0 Å². The van der Waals surface area contributed by atoms with E-state index in [1.54, 1.807) is 31.4 Å². The van der Waals surface area contributed by atoms with Crippen molar-refractivity contribution < 1.29 is 23.9 Å². The minimum atomic E-state index is -1.27. The first-order chi connectivity index (χ1) is 15.4. The Morgan fingerprint density at radius 3 is 2.78 bits per heavy atom. The lowest BCUT2D eigenvalue weighted by molar-refractivity contribution is -0.144. The standard InChI is InChI=1S/C25H32N2O5/c1-5-8-20-11-6-9-18(2)27(20)23(29)17-25(19-10-7-12-21(15-19)32-4)16-22(28)26(24(25)30)13-14-31-3/h5-7,9-10,12,15,18,20H,1,8,11,13-14,16-17H2,2-4H3/t18-,20-,25+/m1/s1. The number of rotatable bonds is 9. The zero-order valence-corrected chi connectivity index (χ0v) is 19.1. The second-order valence-corrected chi connectivity index (χ2v) is 8.39. The van der Waals surface area contributed by atoms with Crippen LogP contribution in [0.3, 0.4) is 0 Å². The first kappa shape index (κ1) is 23.7. The summed E-state index contributed by atoms with van der Waals surface area (Å²) in [6.45, 7) is 6.20. The smallest absolute Gasteiger partial charge is 0.240 e. The van der Waals surface area contributed by atoms with Crippen LogP contribution in [0.4, 0.5) is 0 Å². The summed E-state index contributed by atoms with van der Waals surface area (Å²) in [5, 5.41) is 0. The average molecular weight is 441 g/mol. The molecule has 0 bridgehead atoms. The van der Waals surface area contributed by atoms with Crippen LogP contribution in [-0.4, -0.2) is 67.0 Å². The number of carbonyl (C=O) groups is 3. The number of ether oxygens (including phenoxy) is 2. The molecular formula is C25H32N2O5. The van der Waals surface area contributed by atoms with Crippen molar-refractivity contribution in [2.24, 2.45) is 0 Å². The largest absolute Gasteiger partial charge is 0.497 e. The average Bonchev–Trinajstić information content (AvgIpc) is 3.02. The van der Waals surface area contributed by atoms with Gasteiger partial charge < -0.3 is 14.4 Å². The Labute approximate surface area is 189 Å². The number of hydrogen-bond donors (Lipinski definition) is 0. The van der Waals surface area contributed by atoms with E-state index in [9.17, 15) is 14.4 Å². The van der Waals surface area contributed by atoms with Gasteiger partial charge in [-0.3, -0.25) is 19.3 Å². The van der Waals surface area contributed by atoms with E-state index < -0.39 is 5.41 Å². The lowest BCUT2D eigenvalue weighted by Gasteiger charge is -2.39. The highest BCUT2D eigenvalue weighted by molar-refractivity contribution is 6.10. The van der Waals surface area contributed by atoms with Gasteiger partial charge in [0.1, 0.15) is 5.75 Å². The zero-order valence-electron chi connectivity index (χ0n) is 19.1. The number of likely N-dealkylation sites (tertiary alicyclic amines) is 1. The van der Waals surface area contributed by atoms with E-state index >= 15 is 0 Å². The number of amides is 3. The third kappa shape index (κ3) is 4.48. The summed E-state index contributed by atoms with van der Waals surface area (Å²) in [5.41, 5.74) is -0.653. The summed E-state index contributed by atoms with van der Waals surface area (Å²) >= 11 is 0. The maximum Gasteiger partial charge on any atom is 0.240 e. The van der Waals surface area contributed by atoms with E-state index in [-0.39, 0.29) is 55.8 Å². The molecule has 172 valence electrons. The summed E-state index contributed by atoms with van der Waals surface area (Å²) in [6.07, 6.45) is 7.16. The lowest BCUT2D eigenvalue weighted by Crippen LogP contribution is -2.50. The van der Waals surface area contributed by atoms with Gasteiger partial charge in [-0.05, 0) is 37.5 Å². The monoisotopic (exact) mass is 440 g/mol. The third-order valence-electron chi connectivity index (χ3n) is 6.38. The Hall–Kier alpha value is -2.93. The van der Waals surface area contributed by atoms with E-state index in [1.807, 2.05) is 24.0 Å². The van der Waals surface area contributed by atoms with Crippen LogP contribution < -0.4 is 4.74 Å². The predicted octanol–water partition coefficient (Wildman–Crippen LogP) is 2.85. The molecule has 2 aliphatic heterocycles. The minimum absolute atomic E-state index is 0.0147. The van der Waals surface area contributed by atoms with Gasteiger partial charge in [-0.1, -0.05) is 30.4 Å². The molecule has 0 aliphatic carbocycles. The molecule has 0 unspecified atom stereocenters. The van der Waals surface area contributed by atoms with Crippen molar-refractivity contribution in [2.75, 3.05) is 27.4 Å². The molecule has 0 radical (unpaired) electrons. The molecule has 0 aromatic heterocycles. The fourth-order valence-corrected chi connectivity index (χ4v) is 4.75. The van der Waals surface area contributed by atoms with Crippen molar-refractivity contribution in [2.45, 2.75) is 50.1 Å². The Balaban J connectivity index is 2.01. The van der Waals surface area contributed by atoms with Crippen molar-refractivity contribution in [3.8, 4) is 5.75 Å². The van der Waals surface area contributed by atoms with Gasteiger partial charge >= 0.3 is 0 Å². The van der Waals surface area contributed by atoms with E-state index in [0.29, 0.717) is 17.7 Å². The number of methoxy groups -OCH3 is 2. The molecule has 1 aromatic carbocycles. The Kier molecular flexibility index (Phi) is 7.51. The first-order valence-electron chi connectivity index (χ1n) is 10.9. The van der Waals surface area contributed by atoms with E-state index in [4.69, 9.17) is 9.47 Å². The molecule has 7 heteroatoms. The second kappa shape index (κ2) is 10.1. The van der Waals surface area contributed by atoms with Gasteiger partial charge in [-0.15, -0.1) is 6.58 Å². The molecule has 0 saturated carbocycles. The predicted molar refractivity (Wildman–Crippen MR) is 121 cm³/mol. The molecule has 32 heavy (non-hydrogen) atoms. The van der Waals surface area contributed by atoms with E-state index in [1.165, 1.54) is 12.0 Å². The van der Waals surface area contributed by atoms with Crippen molar-refractivity contribution in [1.29, 1.82) is 0 Å². The maximum absolute atomic E-state index is 13.7. The maximum atomic E-state index is 13.7. The van der Waals surface area contributed by atoms with Crippen molar-refractivity contribution in [3.63, 3.8) is 0 Å². The molecule has 1 aromatic rings. The first-order valence-corrected chi connectivity index (χ1v) is 10.9. The van der Waals surface area contributed by atoms with Crippen molar-refractivity contribution in [1.82, 2.24) is 9.80 Å². The molecule has 2 heterocycles.